The maximum absolute atomic E-state index is 6.33. The van der Waals surface area contributed by atoms with Gasteiger partial charge in [0.15, 0.2) is 0 Å². The number of methoxy groups -OCH3 is 1. The first-order chi connectivity index (χ1) is 9.38. The Morgan fingerprint density at radius 3 is 2.60 bits per heavy atom. The molecular weight excluding hydrogens is 270 g/mol. The molecule has 2 bridgehead atoms. The first kappa shape index (κ1) is 14.1. The number of hydrogen-bond donors (Lipinski definition) is 1. The third kappa shape index (κ3) is 1.84. The molecule has 0 heterocycles. The molecule has 3 unspecified atom stereocenters. The molecule has 3 atom stereocenters. The van der Waals surface area contributed by atoms with E-state index in [0.717, 1.165) is 22.4 Å². The molecule has 1 aromatic rings. The minimum Gasteiger partial charge on any atom is -0.497 e. The molecule has 0 saturated heterocycles. The van der Waals surface area contributed by atoms with Crippen LogP contribution in [0.3, 0.4) is 0 Å². The molecule has 20 heavy (non-hydrogen) atoms. The Morgan fingerprint density at radius 1 is 1.30 bits per heavy atom. The average molecular weight is 294 g/mol. The normalized spacial score (nSPS) is 34.2. The van der Waals surface area contributed by atoms with Gasteiger partial charge < -0.3 is 10.1 Å². The van der Waals surface area contributed by atoms with Crippen LogP contribution in [0.4, 0.5) is 5.69 Å². The van der Waals surface area contributed by atoms with E-state index in [-0.39, 0.29) is 0 Å². The van der Waals surface area contributed by atoms with Crippen molar-refractivity contribution in [2.45, 2.75) is 46.1 Å². The fourth-order valence-electron chi connectivity index (χ4n) is 4.35. The van der Waals surface area contributed by atoms with Crippen LogP contribution in [0, 0.1) is 16.7 Å². The Morgan fingerprint density at radius 2 is 2.05 bits per heavy atom. The van der Waals surface area contributed by atoms with Gasteiger partial charge in [-0.2, -0.15) is 0 Å². The topological polar surface area (TPSA) is 21.3 Å². The van der Waals surface area contributed by atoms with Crippen LogP contribution in [0.15, 0.2) is 18.2 Å². The van der Waals surface area contributed by atoms with Gasteiger partial charge in [-0.05, 0) is 48.1 Å². The summed E-state index contributed by atoms with van der Waals surface area (Å²) in [5.41, 5.74) is 1.76. The van der Waals surface area contributed by atoms with Gasteiger partial charge in [-0.25, -0.2) is 0 Å². The number of halogens is 1. The fourth-order valence-corrected chi connectivity index (χ4v) is 4.52. The van der Waals surface area contributed by atoms with E-state index in [2.05, 4.69) is 26.1 Å². The predicted octanol–water partition coefficient (Wildman–Crippen LogP) is 4.98. The van der Waals surface area contributed by atoms with E-state index in [9.17, 15) is 0 Å². The summed E-state index contributed by atoms with van der Waals surface area (Å²) in [5, 5.41) is 4.47. The molecule has 0 radical (unpaired) electrons. The zero-order chi connectivity index (χ0) is 14.5. The molecular formula is C17H24ClNO. The second-order valence-corrected chi connectivity index (χ2v) is 7.56. The molecule has 1 aromatic carbocycles. The van der Waals surface area contributed by atoms with Crippen LogP contribution in [0.25, 0.3) is 0 Å². The van der Waals surface area contributed by atoms with Crippen molar-refractivity contribution in [1.82, 2.24) is 0 Å². The lowest BCUT2D eigenvalue weighted by molar-refractivity contribution is 0.142. The van der Waals surface area contributed by atoms with Crippen LogP contribution < -0.4 is 10.1 Å². The molecule has 2 nitrogen and oxygen atoms in total. The van der Waals surface area contributed by atoms with E-state index in [0.29, 0.717) is 16.9 Å². The molecule has 0 spiro atoms. The van der Waals surface area contributed by atoms with Crippen LogP contribution in [-0.2, 0) is 0 Å². The molecule has 1 N–H and O–H groups in total. The van der Waals surface area contributed by atoms with Crippen molar-refractivity contribution in [3.8, 4) is 5.75 Å². The lowest BCUT2D eigenvalue weighted by Gasteiger charge is -2.40. The van der Waals surface area contributed by atoms with E-state index in [1.54, 1.807) is 7.11 Å². The highest BCUT2D eigenvalue weighted by molar-refractivity contribution is 6.33. The van der Waals surface area contributed by atoms with E-state index in [4.69, 9.17) is 16.3 Å². The Balaban J connectivity index is 1.87. The van der Waals surface area contributed by atoms with Crippen molar-refractivity contribution < 1.29 is 4.74 Å². The highest BCUT2D eigenvalue weighted by Gasteiger charge is 2.61. The number of nitrogens with one attached hydrogen (secondary N) is 1. The third-order valence-electron chi connectivity index (χ3n) is 6.30. The van der Waals surface area contributed by atoms with Crippen molar-refractivity contribution >= 4 is 17.3 Å². The second-order valence-electron chi connectivity index (χ2n) is 7.15. The molecule has 2 saturated carbocycles. The van der Waals surface area contributed by atoms with Crippen LogP contribution in [0.2, 0.25) is 5.02 Å². The van der Waals surface area contributed by atoms with E-state index in [1.165, 1.54) is 19.3 Å². The molecule has 3 heteroatoms. The van der Waals surface area contributed by atoms with Crippen molar-refractivity contribution in [3.63, 3.8) is 0 Å². The number of anilines is 1. The van der Waals surface area contributed by atoms with Gasteiger partial charge >= 0.3 is 0 Å². The molecule has 2 aliphatic carbocycles. The van der Waals surface area contributed by atoms with E-state index < -0.39 is 0 Å². The van der Waals surface area contributed by atoms with Crippen LogP contribution in [-0.4, -0.2) is 13.2 Å². The SMILES string of the molecule is COc1ccc(Cl)c(NC2CC3CCC2(C)C3(C)C)c1. The monoisotopic (exact) mass is 293 g/mol. The minimum absolute atomic E-state index is 0.351. The molecule has 2 aliphatic rings. The smallest absolute Gasteiger partial charge is 0.121 e. The summed E-state index contributed by atoms with van der Waals surface area (Å²) in [6, 6.07) is 6.31. The van der Waals surface area contributed by atoms with Gasteiger partial charge in [0, 0.05) is 12.1 Å². The zero-order valence-electron chi connectivity index (χ0n) is 12.8. The van der Waals surface area contributed by atoms with Crippen LogP contribution in [0.5, 0.6) is 5.75 Å². The lowest BCUT2D eigenvalue weighted by Crippen LogP contribution is -2.40. The van der Waals surface area contributed by atoms with Gasteiger partial charge in [0.05, 0.1) is 17.8 Å². The Kier molecular flexibility index (Phi) is 3.20. The maximum Gasteiger partial charge on any atom is 0.121 e. The number of ether oxygens (including phenoxy) is 1. The van der Waals surface area contributed by atoms with Gasteiger partial charge in [0.25, 0.3) is 0 Å². The summed E-state index contributed by atoms with van der Waals surface area (Å²) in [6.07, 6.45) is 3.93. The maximum atomic E-state index is 6.33. The highest BCUT2D eigenvalue weighted by Crippen LogP contribution is 2.66. The molecule has 0 aliphatic heterocycles. The Hall–Kier alpha value is -0.890. The van der Waals surface area contributed by atoms with Crippen molar-refractivity contribution in [2.75, 3.05) is 12.4 Å². The van der Waals surface area contributed by atoms with Crippen molar-refractivity contribution in [3.05, 3.63) is 23.2 Å². The van der Waals surface area contributed by atoms with Crippen molar-refractivity contribution in [2.24, 2.45) is 16.7 Å². The number of fused-ring (bicyclic) bond motifs is 2. The fraction of sp³-hybridized carbons (Fsp3) is 0.647. The molecule has 3 rings (SSSR count). The van der Waals surface area contributed by atoms with E-state index in [1.807, 2.05) is 18.2 Å². The number of benzene rings is 1. The zero-order valence-corrected chi connectivity index (χ0v) is 13.6. The van der Waals surface area contributed by atoms with E-state index >= 15 is 0 Å². The molecule has 0 amide bonds. The summed E-state index contributed by atoms with van der Waals surface area (Å²) in [6.45, 7) is 7.30. The summed E-state index contributed by atoms with van der Waals surface area (Å²) in [7, 11) is 1.69. The lowest BCUT2D eigenvalue weighted by atomic mass is 9.69. The summed E-state index contributed by atoms with van der Waals surface area (Å²) < 4.78 is 5.30. The number of rotatable bonds is 3. The third-order valence-corrected chi connectivity index (χ3v) is 6.63. The van der Waals surface area contributed by atoms with Gasteiger partial charge in [-0.3, -0.25) is 0 Å². The summed E-state index contributed by atoms with van der Waals surface area (Å²) >= 11 is 6.33. The van der Waals surface area contributed by atoms with Gasteiger partial charge in [-0.1, -0.05) is 32.4 Å². The summed E-state index contributed by atoms with van der Waals surface area (Å²) in [5.74, 6) is 1.68. The van der Waals surface area contributed by atoms with Crippen molar-refractivity contribution in [1.29, 1.82) is 0 Å². The predicted molar refractivity (Wildman–Crippen MR) is 84.6 cm³/mol. The first-order valence-corrected chi connectivity index (χ1v) is 7.86. The quantitative estimate of drug-likeness (QED) is 0.849. The van der Waals surface area contributed by atoms with Crippen LogP contribution in [0.1, 0.15) is 40.0 Å². The second kappa shape index (κ2) is 4.56. The molecule has 2 fully saturated rings. The Labute approximate surface area is 126 Å². The number of hydrogen-bond acceptors (Lipinski definition) is 2. The molecule has 110 valence electrons. The van der Waals surface area contributed by atoms with Gasteiger partial charge in [-0.15, -0.1) is 0 Å². The summed E-state index contributed by atoms with van der Waals surface area (Å²) in [4.78, 5) is 0. The highest BCUT2D eigenvalue weighted by atomic mass is 35.5. The minimum atomic E-state index is 0.351. The first-order valence-electron chi connectivity index (χ1n) is 7.48. The largest absolute Gasteiger partial charge is 0.497 e. The Bertz CT molecular complexity index is 528. The standard InChI is InChI=1S/C17H24ClNO/c1-16(2)11-7-8-17(16,3)15(9-11)19-14-10-12(20-4)5-6-13(14)18/h5-6,10-11,15,19H,7-9H2,1-4H3. The van der Waals surface area contributed by atoms with Crippen LogP contribution >= 0.6 is 11.6 Å². The molecule has 0 aromatic heterocycles. The average Bonchev–Trinajstić information content (AvgIpc) is 2.74. The van der Waals surface area contributed by atoms with Gasteiger partial charge in [0.1, 0.15) is 5.75 Å². The van der Waals surface area contributed by atoms with Gasteiger partial charge in [0.2, 0.25) is 0 Å².